The summed E-state index contributed by atoms with van der Waals surface area (Å²) in [5, 5.41) is 2.33. The molecule has 54 valence electrons. The van der Waals surface area contributed by atoms with Crippen molar-refractivity contribution in [1.82, 2.24) is 0 Å². The monoisotopic (exact) mass is 130 g/mol. The Morgan fingerprint density at radius 3 is 2.67 bits per heavy atom. The number of piperidine rings is 1. The topological polar surface area (TPSA) is 25.8 Å². The van der Waals surface area contributed by atoms with Gasteiger partial charge in [0.25, 0.3) is 0 Å². The summed E-state index contributed by atoms with van der Waals surface area (Å²) >= 11 is 0. The first-order valence-electron chi connectivity index (χ1n) is 3.64. The number of ether oxygens (including phenoxy) is 1. The second-order valence-electron chi connectivity index (χ2n) is 3.04. The molecule has 0 aliphatic carbocycles. The third-order valence-corrected chi connectivity index (χ3v) is 2.18. The molecule has 0 aromatic rings. The molecule has 9 heavy (non-hydrogen) atoms. The number of hydrogen-bond donors (Lipinski definition) is 1. The molecule has 2 nitrogen and oxygen atoms in total. The van der Waals surface area contributed by atoms with E-state index in [4.69, 9.17) is 4.74 Å². The Morgan fingerprint density at radius 1 is 1.56 bits per heavy atom. The van der Waals surface area contributed by atoms with Gasteiger partial charge in [-0.3, -0.25) is 0 Å². The van der Waals surface area contributed by atoms with Crippen LogP contribution in [0.5, 0.6) is 0 Å². The third kappa shape index (κ3) is 1.66. The largest absolute Gasteiger partial charge is 0.373 e. The van der Waals surface area contributed by atoms with Gasteiger partial charge in [-0.25, -0.2) is 0 Å². The molecular weight excluding hydrogens is 114 g/mol. The maximum Gasteiger partial charge on any atom is 0.114 e. The van der Waals surface area contributed by atoms with Gasteiger partial charge >= 0.3 is 0 Å². The summed E-state index contributed by atoms with van der Waals surface area (Å²) in [5.74, 6) is 0. The maximum absolute atomic E-state index is 5.35. The van der Waals surface area contributed by atoms with Gasteiger partial charge in [-0.05, 0) is 19.8 Å². The summed E-state index contributed by atoms with van der Waals surface area (Å²) in [6.45, 7) is 4.59. The third-order valence-electron chi connectivity index (χ3n) is 2.18. The second kappa shape index (κ2) is 2.67. The van der Waals surface area contributed by atoms with Crippen molar-refractivity contribution in [1.29, 1.82) is 0 Å². The number of nitrogens with two attached hydrogens (primary N) is 1. The molecule has 0 spiro atoms. The molecule has 1 aliphatic heterocycles. The van der Waals surface area contributed by atoms with Gasteiger partial charge < -0.3 is 10.1 Å². The molecule has 0 aromatic heterocycles. The predicted molar refractivity (Wildman–Crippen MR) is 36.3 cm³/mol. The minimum absolute atomic E-state index is 0.165. The summed E-state index contributed by atoms with van der Waals surface area (Å²) in [5.41, 5.74) is 0.165. The molecule has 1 aliphatic rings. The van der Waals surface area contributed by atoms with Crippen LogP contribution >= 0.6 is 0 Å². The minimum atomic E-state index is 0.165. The molecule has 2 heteroatoms. The van der Waals surface area contributed by atoms with Crippen LogP contribution in [0.3, 0.4) is 0 Å². The summed E-state index contributed by atoms with van der Waals surface area (Å²) in [4.78, 5) is 0. The first kappa shape index (κ1) is 7.03. The van der Waals surface area contributed by atoms with Gasteiger partial charge in [-0.1, -0.05) is 0 Å². The molecule has 1 saturated heterocycles. The highest BCUT2D eigenvalue weighted by atomic mass is 16.5. The van der Waals surface area contributed by atoms with Gasteiger partial charge in [-0.15, -0.1) is 0 Å². The van der Waals surface area contributed by atoms with Crippen molar-refractivity contribution in [2.45, 2.75) is 25.4 Å². The fourth-order valence-electron chi connectivity index (χ4n) is 1.32. The molecule has 0 amide bonds. The van der Waals surface area contributed by atoms with Crippen LogP contribution < -0.4 is 5.32 Å². The van der Waals surface area contributed by atoms with Crippen LogP contribution in [0.25, 0.3) is 0 Å². The minimum Gasteiger partial charge on any atom is -0.373 e. The van der Waals surface area contributed by atoms with Gasteiger partial charge in [0.15, 0.2) is 0 Å². The zero-order valence-electron chi connectivity index (χ0n) is 6.31. The first-order chi connectivity index (χ1) is 4.27. The Labute approximate surface area is 56.6 Å². The zero-order chi connectivity index (χ0) is 6.74. The molecular formula is C7H16NO+. The van der Waals surface area contributed by atoms with E-state index in [0.717, 1.165) is 6.54 Å². The zero-order valence-corrected chi connectivity index (χ0v) is 6.31. The number of rotatable bonds is 1. The standard InChI is InChI=1S/C7H15NO/c1-7(9-2)4-3-5-8-6-7/h8H,3-6H2,1-2H3/p+1. The van der Waals surface area contributed by atoms with Crippen LogP contribution in [-0.2, 0) is 4.74 Å². The van der Waals surface area contributed by atoms with E-state index in [1.807, 2.05) is 0 Å². The lowest BCUT2D eigenvalue weighted by Crippen LogP contribution is -2.90. The normalized spacial score (nSPS) is 36.7. The van der Waals surface area contributed by atoms with E-state index in [1.165, 1.54) is 19.4 Å². The van der Waals surface area contributed by atoms with E-state index >= 15 is 0 Å². The smallest absolute Gasteiger partial charge is 0.114 e. The van der Waals surface area contributed by atoms with Crippen molar-refractivity contribution in [3.63, 3.8) is 0 Å². The summed E-state index contributed by atoms with van der Waals surface area (Å²) < 4.78 is 5.35. The number of methoxy groups -OCH3 is 1. The SMILES string of the molecule is COC1(C)CCC[NH2+]C1. The van der Waals surface area contributed by atoms with Gasteiger partial charge in [0, 0.05) is 7.11 Å². The van der Waals surface area contributed by atoms with E-state index in [-0.39, 0.29) is 5.60 Å². The van der Waals surface area contributed by atoms with Crippen molar-refractivity contribution in [2.75, 3.05) is 20.2 Å². The van der Waals surface area contributed by atoms with Crippen molar-refractivity contribution in [3.8, 4) is 0 Å². The van der Waals surface area contributed by atoms with Crippen LogP contribution in [0.2, 0.25) is 0 Å². The predicted octanol–water partition coefficient (Wildman–Crippen LogP) is -0.251. The average Bonchev–Trinajstić information content (AvgIpc) is 1.90. The van der Waals surface area contributed by atoms with E-state index < -0.39 is 0 Å². The average molecular weight is 130 g/mol. The van der Waals surface area contributed by atoms with Crippen LogP contribution in [-0.4, -0.2) is 25.8 Å². The molecule has 0 saturated carbocycles. The quantitative estimate of drug-likeness (QED) is 0.520. The summed E-state index contributed by atoms with van der Waals surface area (Å²) in [6, 6.07) is 0. The molecule has 1 heterocycles. The Kier molecular flexibility index (Phi) is 2.09. The van der Waals surface area contributed by atoms with E-state index in [9.17, 15) is 0 Å². The summed E-state index contributed by atoms with van der Waals surface area (Å²) in [7, 11) is 1.80. The van der Waals surface area contributed by atoms with Crippen molar-refractivity contribution >= 4 is 0 Å². The summed E-state index contributed by atoms with van der Waals surface area (Å²) in [6.07, 6.45) is 2.52. The highest BCUT2D eigenvalue weighted by Crippen LogP contribution is 2.15. The lowest BCUT2D eigenvalue weighted by atomic mass is 9.97. The van der Waals surface area contributed by atoms with Crippen LogP contribution in [0.15, 0.2) is 0 Å². The van der Waals surface area contributed by atoms with Crippen molar-refractivity contribution < 1.29 is 10.1 Å². The lowest BCUT2D eigenvalue weighted by Gasteiger charge is -2.29. The highest BCUT2D eigenvalue weighted by molar-refractivity contribution is 4.74. The van der Waals surface area contributed by atoms with Crippen molar-refractivity contribution in [2.24, 2.45) is 0 Å². The van der Waals surface area contributed by atoms with Gasteiger partial charge in [0.1, 0.15) is 12.1 Å². The number of hydrogen-bond acceptors (Lipinski definition) is 1. The van der Waals surface area contributed by atoms with Crippen LogP contribution in [0.1, 0.15) is 19.8 Å². The molecule has 2 N–H and O–H groups in total. The molecule has 1 fully saturated rings. The van der Waals surface area contributed by atoms with Gasteiger partial charge in [0.2, 0.25) is 0 Å². The fraction of sp³-hybridized carbons (Fsp3) is 1.00. The van der Waals surface area contributed by atoms with E-state index in [2.05, 4.69) is 12.2 Å². The number of quaternary nitrogens is 1. The molecule has 0 bridgehead atoms. The molecule has 1 unspecified atom stereocenters. The fourth-order valence-corrected chi connectivity index (χ4v) is 1.32. The Balaban J connectivity index is 2.37. The lowest BCUT2D eigenvalue weighted by molar-refractivity contribution is -0.676. The van der Waals surface area contributed by atoms with E-state index in [1.54, 1.807) is 7.11 Å². The highest BCUT2D eigenvalue weighted by Gasteiger charge is 2.28. The van der Waals surface area contributed by atoms with Crippen molar-refractivity contribution in [3.05, 3.63) is 0 Å². The maximum atomic E-state index is 5.35. The van der Waals surface area contributed by atoms with Crippen LogP contribution in [0.4, 0.5) is 0 Å². The Hall–Kier alpha value is -0.0800. The van der Waals surface area contributed by atoms with Gasteiger partial charge in [-0.2, -0.15) is 0 Å². The molecule has 0 radical (unpaired) electrons. The molecule has 1 atom stereocenters. The molecule has 1 rings (SSSR count). The van der Waals surface area contributed by atoms with Crippen LogP contribution in [0, 0.1) is 0 Å². The van der Waals surface area contributed by atoms with Gasteiger partial charge in [0.05, 0.1) is 6.54 Å². The molecule has 0 aromatic carbocycles. The van der Waals surface area contributed by atoms with E-state index in [0.29, 0.717) is 0 Å². The first-order valence-corrected chi connectivity index (χ1v) is 3.64. The second-order valence-corrected chi connectivity index (χ2v) is 3.04. The Morgan fingerprint density at radius 2 is 2.33 bits per heavy atom. The Bertz CT molecular complexity index is 86.9.